The van der Waals surface area contributed by atoms with Crippen molar-refractivity contribution < 1.29 is 13.9 Å². The second kappa shape index (κ2) is 7.09. The summed E-state index contributed by atoms with van der Waals surface area (Å²) in [6.45, 7) is 2.09. The third kappa shape index (κ3) is 3.02. The van der Waals surface area contributed by atoms with E-state index in [0.717, 1.165) is 17.0 Å². The zero-order valence-corrected chi connectivity index (χ0v) is 17.6. The highest BCUT2D eigenvalue weighted by Gasteiger charge is 2.48. The maximum Gasteiger partial charge on any atom is 0.283 e. The molecule has 0 radical (unpaired) electrons. The summed E-state index contributed by atoms with van der Waals surface area (Å²) in [5, 5.41) is 0. The number of aryl methyl sites for hydroxylation is 1. The van der Waals surface area contributed by atoms with Gasteiger partial charge in [-0.15, -0.1) is 0 Å². The van der Waals surface area contributed by atoms with E-state index in [9.17, 15) is 4.39 Å². The van der Waals surface area contributed by atoms with Crippen LogP contribution < -0.4 is 10.5 Å². The molecule has 3 aromatic heterocycles. The number of halogens is 1. The Morgan fingerprint density at radius 1 is 0.970 bits per heavy atom. The Hall–Kier alpha value is -4.33. The molecule has 0 aliphatic carbocycles. The lowest BCUT2D eigenvalue weighted by Crippen LogP contribution is -2.32. The Balaban J connectivity index is 1.56. The molecule has 162 valence electrons. The van der Waals surface area contributed by atoms with Crippen LogP contribution in [-0.2, 0) is 10.3 Å². The molecular formula is C25H18FN5O2. The average molecular weight is 439 g/mol. The van der Waals surface area contributed by atoms with Gasteiger partial charge in [-0.3, -0.25) is 4.98 Å². The molecule has 1 aromatic carbocycles. The van der Waals surface area contributed by atoms with Crippen molar-refractivity contribution >= 4 is 6.02 Å². The molecule has 0 unspecified atom stereocenters. The summed E-state index contributed by atoms with van der Waals surface area (Å²) in [6.07, 6.45) is 3.16. The average Bonchev–Trinajstić information content (AvgIpc) is 3.21. The quantitative estimate of drug-likeness (QED) is 0.467. The number of nitrogens with zero attached hydrogens (tertiary/aromatic N) is 4. The van der Waals surface area contributed by atoms with E-state index in [2.05, 4.69) is 15.0 Å². The lowest BCUT2D eigenvalue weighted by atomic mass is 9.83. The normalized spacial score (nSPS) is 18.2. The van der Waals surface area contributed by atoms with E-state index in [0.29, 0.717) is 33.9 Å². The lowest BCUT2D eigenvalue weighted by Gasteiger charge is -2.33. The fourth-order valence-corrected chi connectivity index (χ4v) is 4.34. The molecule has 0 saturated carbocycles. The van der Waals surface area contributed by atoms with Crippen LogP contribution in [0.1, 0.15) is 17.0 Å². The fourth-order valence-electron chi connectivity index (χ4n) is 4.34. The summed E-state index contributed by atoms with van der Waals surface area (Å²) < 4.78 is 26.2. The van der Waals surface area contributed by atoms with Crippen molar-refractivity contribution in [1.82, 2.24) is 15.0 Å². The van der Waals surface area contributed by atoms with Gasteiger partial charge in [-0.25, -0.2) is 15.0 Å². The minimum absolute atomic E-state index is 0.0683. The number of aromatic nitrogens is 3. The second-order valence-electron chi connectivity index (χ2n) is 7.98. The van der Waals surface area contributed by atoms with Gasteiger partial charge in [-0.1, -0.05) is 6.07 Å². The molecule has 1 atom stereocenters. The van der Waals surface area contributed by atoms with Gasteiger partial charge in [-0.2, -0.15) is 4.39 Å². The van der Waals surface area contributed by atoms with Gasteiger partial charge in [0.15, 0.2) is 11.3 Å². The molecule has 0 fully saturated rings. The molecule has 2 aliphatic heterocycles. The van der Waals surface area contributed by atoms with E-state index in [-0.39, 0.29) is 12.6 Å². The number of fused-ring (bicyclic) bond motifs is 4. The topological polar surface area (TPSA) is 95.5 Å². The van der Waals surface area contributed by atoms with Crippen LogP contribution >= 0.6 is 0 Å². The smallest absolute Gasteiger partial charge is 0.283 e. The van der Waals surface area contributed by atoms with Gasteiger partial charge in [-0.05, 0) is 61.0 Å². The first kappa shape index (κ1) is 19.4. The minimum Gasteiger partial charge on any atom is -0.462 e. The summed E-state index contributed by atoms with van der Waals surface area (Å²) in [5.41, 5.74) is 9.84. The van der Waals surface area contributed by atoms with Crippen LogP contribution in [0.15, 0.2) is 72.0 Å². The number of aliphatic imine (C=N–C) groups is 1. The summed E-state index contributed by atoms with van der Waals surface area (Å²) in [4.78, 5) is 17.6. The van der Waals surface area contributed by atoms with Crippen LogP contribution in [0.4, 0.5) is 4.39 Å². The lowest BCUT2D eigenvalue weighted by molar-refractivity contribution is 0.260. The molecule has 0 bridgehead atoms. The van der Waals surface area contributed by atoms with Crippen molar-refractivity contribution in [1.29, 1.82) is 0 Å². The molecule has 2 N–H and O–H groups in total. The monoisotopic (exact) mass is 439 g/mol. The van der Waals surface area contributed by atoms with E-state index >= 15 is 0 Å². The van der Waals surface area contributed by atoms with Crippen LogP contribution in [0, 0.1) is 12.9 Å². The van der Waals surface area contributed by atoms with Crippen LogP contribution in [0.2, 0.25) is 0 Å². The van der Waals surface area contributed by atoms with E-state index in [1.807, 2.05) is 37.3 Å². The SMILES string of the molecule is Cc1cc(-c2ccc3c(n2)[C@]2(COC(N)=N2)c2cc(-c4cccnc4F)ccc2O3)ccn1. The highest BCUT2D eigenvalue weighted by atomic mass is 19.1. The van der Waals surface area contributed by atoms with Crippen LogP contribution in [-0.4, -0.2) is 27.6 Å². The number of ether oxygens (including phenoxy) is 2. The standard InChI is InChI=1S/C25H18FN5O2/c1-14-11-16(8-10-28-14)19-5-7-21-22(30-19)25(13-32-24(27)31-25)18-12-15(4-6-20(18)33-21)17-3-2-9-29-23(17)26/h2-12H,13H2,1H3,(H2,27,31)/t25-/m0/s1. The first-order valence-electron chi connectivity index (χ1n) is 10.4. The number of hydrogen-bond donors (Lipinski definition) is 1. The third-order valence-electron chi connectivity index (χ3n) is 5.89. The molecule has 1 spiro atoms. The summed E-state index contributed by atoms with van der Waals surface area (Å²) in [5.74, 6) is 0.606. The number of rotatable bonds is 2. The Bertz CT molecular complexity index is 1450. The molecule has 2 aliphatic rings. The van der Waals surface area contributed by atoms with Crippen molar-refractivity contribution in [2.75, 3.05) is 6.61 Å². The molecule has 6 rings (SSSR count). The molecule has 33 heavy (non-hydrogen) atoms. The van der Waals surface area contributed by atoms with Gasteiger partial charge in [0.2, 0.25) is 5.95 Å². The second-order valence-corrected chi connectivity index (χ2v) is 7.98. The highest BCUT2D eigenvalue weighted by Crippen LogP contribution is 2.51. The van der Waals surface area contributed by atoms with Crippen molar-refractivity contribution in [3.8, 4) is 33.9 Å². The summed E-state index contributed by atoms with van der Waals surface area (Å²) >= 11 is 0. The van der Waals surface area contributed by atoms with Crippen molar-refractivity contribution in [2.24, 2.45) is 10.7 Å². The molecule has 0 saturated heterocycles. The van der Waals surface area contributed by atoms with E-state index in [1.165, 1.54) is 6.20 Å². The Morgan fingerprint density at radius 2 is 1.85 bits per heavy atom. The summed E-state index contributed by atoms with van der Waals surface area (Å²) in [7, 11) is 0. The summed E-state index contributed by atoms with van der Waals surface area (Å²) in [6, 6.07) is 16.5. The minimum atomic E-state index is -1.01. The first-order valence-corrected chi connectivity index (χ1v) is 10.4. The van der Waals surface area contributed by atoms with E-state index < -0.39 is 11.5 Å². The number of nitrogens with two attached hydrogens (primary N) is 1. The fraction of sp³-hybridized carbons (Fsp3) is 0.120. The number of hydrogen-bond acceptors (Lipinski definition) is 7. The van der Waals surface area contributed by atoms with E-state index in [4.69, 9.17) is 20.2 Å². The van der Waals surface area contributed by atoms with Gasteiger partial charge in [0.25, 0.3) is 6.02 Å². The van der Waals surface area contributed by atoms with E-state index in [1.54, 1.807) is 30.5 Å². The van der Waals surface area contributed by atoms with Gasteiger partial charge in [0.1, 0.15) is 18.1 Å². The molecule has 0 amide bonds. The Morgan fingerprint density at radius 3 is 2.64 bits per heavy atom. The van der Waals surface area contributed by atoms with Gasteiger partial charge in [0.05, 0.1) is 5.69 Å². The molecule has 5 heterocycles. The largest absolute Gasteiger partial charge is 0.462 e. The van der Waals surface area contributed by atoms with Crippen molar-refractivity contribution in [3.63, 3.8) is 0 Å². The number of benzene rings is 1. The Kier molecular flexibility index (Phi) is 4.16. The predicted octanol–water partition coefficient (Wildman–Crippen LogP) is 4.35. The maximum atomic E-state index is 14.4. The maximum absolute atomic E-state index is 14.4. The van der Waals surface area contributed by atoms with Crippen LogP contribution in [0.3, 0.4) is 0 Å². The molecule has 7 nitrogen and oxygen atoms in total. The molecular weight excluding hydrogens is 421 g/mol. The van der Waals surface area contributed by atoms with Crippen LogP contribution in [0.5, 0.6) is 11.5 Å². The van der Waals surface area contributed by atoms with Gasteiger partial charge < -0.3 is 15.2 Å². The molecule has 4 aromatic rings. The predicted molar refractivity (Wildman–Crippen MR) is 120 cm³/mol. The van der Waals surface area contributed by atoms with Crippen molar-refractivity contribution in [3.05, 3.63) is 89.9 Å². The number of amidine groups is 1. The zero-order valence-electron chi connectivity index (χ0n) is 17.6. The highest BCUT2D eigenvalue weighted by molar-refractivity contribution is 5.78. The van der Waals surface area contributed by atoms with Crippen molar-refractivity contribution in [2.45, 2.75) is 12.5 Å². The first-order chi connectivity index (χ1) is 16.0. The van der Waals surface area contributed by atoms with Gasteiger partial charge >= 0.3 is 0 Å². The van der Waals surface area contributed by atoms with Gasteiger partial charge in [0, 0.05) is 34.8 Å². The number of pyridine rings is 3. The molecule has 8 heteroatoms. The van der Waals surface area contributed by atoms with Crippen LogP contribution in [0.25, 0.3) is 22.4 Å². The third-order valence-corrected chi connectivity index (χ3v) is 5.89. The zero-order chi connectivity index (χ0) is 22.6. The Labute approximate surface area is 188 Å².